The molecule has 0 unspecified atom stereocenters. The molecule has 0 aromatic rings. The highest BCUT2D eigenvalue weighted by Crippen LogP contribution is 2.55. The predicted octanol–water partition coefficient (Wildman–Crippen LogP) is 2.73. The van der Waals surface area contributed by atoms with Crippen LogP contribution in [0, 0.1) is 16.7 Å². The predicted molar refractivity (Wildman–Crippen MR) is 105 cm³/mol. The van der Waals surface area contributed by atoms with E-state index in [1.54, 1.807) is 4.31 Å². The first-order valence-electron chi connectivity index (χ1n) is 10.3. The van der Waals surface area contributed by atoms with Crippen LogP contribution >= 0.6 is 0 Å². The number of ketones is 1. The van der Waals surface area contributed by atoms with Gasteiger partial charge in [-0.25, -0.2) is 12.7 Å². The summed E-state index contributed by atoms with van der Waals surface area (Å²) in [5.41, 5.74) is 2.47. The number of dihydropyridines is 1. The number of hydrogen-bond donors (Lipinski definition) is 1. The summed E-state index contributed by atoms with van der Waals surface area (Å²) >= 11 is 0. The number of carbonyl (C=O) groups is 1. The van der Waals surface area contributed by atoms with Crippen molar-refractivity contribution in [1.29, 1.82) is 0 Å². The zero-order valence-electron chi connectivity index (χ0n) is 16.6. The summed E-state index contributed by atoms with van der Waals surface area (Å²) in [5.74, 6) is 1.62. The monoisotopic (exact) mass is 404 g/mol. The highest BCUT2D eigenvalue weighted by molar-refractivity contribution is 7.89. The third-order valence-corrected chi connectivity index (χ3v) is 9.04. The lowest BCUT2D eigenvalue weighted by Gasteiger charge is -2.48. The highest BCUT2D eigenvalue weighted by atomic mass is 32.2. The Bertz CT molecular complexity index is 932. The van der Waals surface area contributed by atoms with Crippen molar-refractivity contribution in [3.05, 3.63) is 22.7 Å². The van der Waals surface area contributed by atoms with Crippen LogP contribution in [0.2, 0.25) is 0 Å². The molecular weight excluding hydrogens is 376 g/mol. The van der Waals surface area contributed by atoms with Crippen LogP contribution in [0.4, 0.5) is 0 Å². The van der Waals surface area contributed by atoms with Gasteiger partial charge in [0.2, 0.25) is 10.0 Å². The number of azo groups is 1. The van der Waals surface area contributed by atoms with Gasteiger partial charge in [0, 0.05) is 41.8 Å². The van der Waals surface area contributed by atoms with Crippen molar-refractivity contribution >= 4 is 15.8 Å². The first-order chi connectivity index (χ1) is 13.2. The van der Waals surface area contributed by atoms with E-state index in [-0.39, 0.29) is 17.0 Å². The topological polar surface area (TPSA) is 91.2 Å². The number of piperidine rings is 1. The van der Waals surface area contributed by atoms with Gasteiger partial charge in [-0.05, 0) is 43.4 Å². The van der Waals surface area contributed by atoms with Crippen LogP contribution in [0.5, 0.6) is 0 Å². The molecule has 3 heterocycles. The van der Waals surface area contributed by atoms with Gasteiger partial charge in [-0.3, -0.25) is 4.79 Å². The van der Waals surface area contributed by atoms with Crippen LogP contribution in [0.25, 0.3) is 0 Å². The zero-order valence-corrected chi connectivity index (χ0v) is 17.4. The summed E-state index contributed by atoms with van der Waals surface area (Å²) in [6.07, 6.45) is 4.70. The van der Waals surface area contributed by atoms with Crippen molar-refractivity contribution in [2.45, 2.75) is 52.4 Å². The minimum Gasteiger partial charge on any atom is -0.342 e. The summed E-state index contributed by atoms with van der Waals surface area (Å²) in [6, 6.07) is 0. The minimum atomic E-state index is -3.21. The van der Waals surface area contributed by atoms with E-state index < -0.39 is 15.4 Å². The Balaban J connectivity index is 1.48. The molecule has 0 aromatic carbocycles. The Morgan fingerprint density at radius 1 is 1.18 bits per heavy atom. The van der Waals surface area contributed by atoms with Gasteiger partial charge in [0.05, 0.1) is 12.3 Å². The molecule has 0 atom stereocenters. The number of nitrogens with one attached hydrogen (secondary N) is 1. The third kappa shape index (κ3) is 2.87. The Morgan fingerprint density at radius 3 is 2.57 bits per heavy atom. The molecule has 2 fully saturated rings. The number of sulfonamides is 1. The van der Waals surface area contributed by atoms with Gasteiger partial charge in [-0.2, -0.15) is 5.11 Å². The van der Waals surface area contributed by atoms with Gasteiger partial charge in [0.15, 0.2) is 11.6 Å². The van der Waals surface area contributed by atoms with Gasteiger partial charge in [0.1, 0.15) is 0 Å². The number of Topliss-reactive ketones (excluding diaryl/α,β-unsaturated/α-hetero) is 1. The van der Waals surface area contributed by atoms with E-state index in [4.69, 9.17) is 0 Å². The SMILES string of the molecule is CC1(C)CC(=O)C2=C(C1)NC1=C(CN=N1)C21CCN(S(=O)(=O)CC2CC2)CC1. The molecule has 5 aliphatic rings. The van der Waals surface area contributed by atoms with E-state index in [0.29, 0.717) is 44.8 Å². The van der Waals surface area contributed by atoms with Crippen molar-refractivity contribution in [1.82, 2.24) is 9.62 Å². The molecule has 0 amide bonds. The molecular formula is C20H28N4O3S. The molecule has 1 saturated heterocycles. The molecule has 8 heteroatoms. The molecule has 1 saturated carbocycles. The van der Waals surface area contributed by atoms with E-state index >= 15 is 0 Å². The Morgan fingerprint density at radius 2 is 1.89 bits per heavy atom. The van der Waals surface area contributed by atoms with Crippen LogP contribution in [0.3, 0.4) is 0 Å². The van der Waals surface area contributed by atoms with E-state index in [2.05, 4.69) is 29.4 Å². The first-order valence-corrected chi connectivity index (χ1v) is 11.9. The van der Waals surface area contributed by atoms with Crippen molar-refractivity contribution in [2.75, 3.05) is 25.4 Å². The van der Waals surface area contributed by atoms with E-state index in [1.807, 2.05) is 0 Å². The maximum absolute atomic E-state index is 13.2. The normalized spacial score (nSPS) is 29.1. The number of rotatable bonds is 3. The third-order valence-electron chi connectivity index (χ3n) is 7.00. The fourth-order valence-corrected chi connectivity index (χ4v) is 7.33. The highest BCUT2D eigenvalue weighted by Gasteiger charge is 2.53. The molecule has 1 spiro atoms. The number of allylic oxidation sites excluding steroid dienone is 2. The second-order valence-corrected chi connectivity index (χ2v) is 11.9. The number of fused-ring (bicyclic) bond motifs is 2. The smallest absolute Gasteiger partial charge is 0.214 e. The maximum atomic E-state index is 13.2. The fraction of sp³-hybridized carbons (Fsp3) is 0.750. The van der Waals surface area contributed by atoms with Crippen molar-refractivity contribution in [3.8, 4) is 0 Å². The van der Waals surface area contributed by atoms with Crippen LogP contribution in [-0.2, 0) is 14.8 Å². The zero-order chi connectivity index (χ0) is 19.7. The summed E-state index contributed by atoms with van der Waals surface area (Å²) in [5, 5.41) is 11.9. The molecule has 28 heavy (non-hydrogen) atoms. The lowest BCUT2D eigenvalue weighted by atomic mass is 9.60. The largest absolute Gasteiger partial charge is 0.342 e. The van der Waals surface area contributed by atoms with Crippen molar-refractivity contribution in [3.63, 3.8) is 0 Å². The molecule has 2 aliphatic carbocycles. The van der Waals surface area contributed by atoms with Crippen LogP contribution in [-0.4, -0.2) is 43.9 Å². The van der Waals surface area contributed by atoms with Crippen LogP contribution in [0.1, 0.15) is 52.4 Å². The molecule has 1 N–H and O–H groups in total. The van der Waals surface area contributed by atoms with Gasteiger partial charge in [-0.1, -0.05) is 13.8 Å². The summed E-state index contributed by atoms with van der Waals surface area (Å²) < 4.78 is 27.2. The van der Waals surface area contributed by atoms with Crippen molar-refractivity contribution < 1.29 is 13.2 Å². The number of hydrogen-bond acceptors (Lipinski definition) is 6. The average molecular weight is 405 g/mol. The van der Waals surface area contributed by atoms with Crippen molar-refractivity contribution in [2.24, 2.45) is 27.0 Å². The second kappa shape index (κ2) is 5.98. The van der Waals surface area contributed by atoms with Crippen LogP contribution < -0.4 is 5.32 Å². The molecule has 0 aromatic heterocycles. The average Bonchev–Trinajstić information content (AvgIpc) is 3.26. The Kier molecular flexibility index (Phi) is 3.95. The molecule has 0 radical (unpaired) electrons. The van der Waals surface area contributed by atoms with Crippen LogP contribution in [0.15, 0.2) is 32.9 Å². The fourth-order valence-electron chi connectivity index (χ4n) is 5.45. The van der Waals surface area contributed by atoms with Gasteiger partial charge < -0.3 is 5.32 Å². The summed E-state index contributed by atoms with van der Waals surface area (Å²) in [6.45, 7) is 5.69. The lowest BCUT2D eigenvalue weighted by molar-refractivity contribution is -0.119. The second-order valence-electron chi connectivity index (χ2n) is 9.85. The number of nitrogens with zero attached hydrogens (tertiary/aromatic N) is 3. The van der Waals surface area contributed by atoms with Gasteiger partial charge >= 0.3 is 0 Å². The molecule has 7 nitrogen and oxygen atoms in total. The molecule has 152 valence electrons. The Labute approximate surface area is 166 Å². The standard InChI is InChI=1S/C20H28N4O3S/c1-19(2)9-15-17(16(25)10-19)20(14-11-21-23-18(14)22-15)5-7-24(8-6-20)28(26,27)12-13-3-4-13/h13,22H,3-12H2,1-2H3. The quantitative estimate of drug-likeness (QED) is 0.783. The van der Waals surface area contributed by atoms with Gasteiger partial charge in [-0.15, -0.1) is 5.11 Å². The summed E-state index contributed by atoms with van der Waals surface area (Å²) in [4.78, 5) is 13.2. The van der Waals surface area contributed by atoms with E-state index in [1.165, 1.54) is 0 Å². The minimum absolute atomic E-state index is 0.0772. The molecule has 5 rings (SSSR count). The van der Waals surface area contributed by atoms with E-state index in [0.717, 1.165) is 41.9 Å². The maximum Gasteiger partial charge on any atom is 0.214 e. The summed E-state index contributed by atoms with van der Waals surface area (Å²) in [7, 11) is -3.21. The molecule has 0 bridgehead atoms. The number of carbonyl (C=O) groups excluding carboxylic acids is 1. The molecule has 3 aliphatic heterocycles. The van der Waals surface area contributed by atoms with E-state index in [9.17, 15) is 13.2 Å². The van der Waals surface area contributed by atoms with Gasteiger partial charge in [0.25, 0.3) is 0 Å². The Hall–Kier alpha value is -1.54. The lowest BCUT2D eigenvalue weighted by Crippen LogP contribution is -2.51. The first kappa shape index (κ1) is 18.5.